The topological polar surface area (TPSA) is 121 Å². The molecule has 3 atom stereocenters. The molecule has 1 aliphatic heterocycles. The van der Waals surface area contributed by atoms with Gasteiger partial charge in [0.15, 0.2) is 12.7 Å². The molecule has 1 fully saturated rings. The van der Waals surface area contributed by atoms with Crippen LogP contribution in [-0.2, 0) is 27.3 Å². The van der Waals surface area contributed by atoms with Gasteiger partial charge in [0.2, 0.25) is 5.91 Å². The zero-order valence-electron chi connectivity index (χ0n) is 23.4. The Bertz CT molecular complexity index is 1370. The standard InChI is InChI=1S/C31H34F2N4O5/c1-20-8-6-9-21(2)28(20)42-18-26(38)36-24(14-22-10-4-3-5-11-22)27(39)30(41)37-19-31(32,33)15-25(37)29(40)35-17-23-12-7-13-34-16-23/h3-13,16,24-25,27,39H,14-15,17-19H2,1-2H3,(H,35,40)(H,36,38)/t24-,25-,27-/m0/s1. The molecule has 3 aromatic rings. The van der Waals surface area contributed by atoms with Crippen molar-refractivity contribution < 1.29 is 33.0 Å². The van der Waals surface area contributed by atoms with Crippen LogP contribution in [0.5, 0.6) is 5.75 Å². The smallest absolute Gasteiger partial charge is 0.267 e. The number of nitrogens with zero attached hydrogens (tertiary/aromatic N) is 2. The first kappa shape index (κ1) is 30.6. The van der Waals surface area contributed by atoms with Gasteiger partial charge in [0, 0.05) is 25.4 Å². The van der Waals surface area contributed by atoms with E-state index in [1.807, 2.05) is 32.0 Å². The number of ether oxygens (including phenoxy) is 1. The summed E-state index contributed by atoms with van der Waals surface area (Å²) in [7, 11) is 0. The van der Waals surface area contributed by atoms with E-state index in [4.69, 9.17) is 4.74 Å². The summed E-state index contributed by atoms with van der Waals surface area (Å²) in [6.07, 6.45) is 0.327. The Morgan fingerprint density at radius 2 is 1.74 bits per heavy atom. The Balaban J connectivity index is 1.48. The fourth-order valence-electron chi connectivity index (χ4n) is 4.96. The Labute approximate surface area is 242 Å². The molecule has 222 valence electrons. The van der Waals surface area contributed by atoms with Gasteiger partial charge < -0.3 is 25.4 Å². The molecule has 3 amide bonds. The SMILES string of the molecule is Cc1cccc(C)c1OCC(=O)N[C@@H](Cc1ccccc1)[C@H](O)C(=O)N1CC(F)(F)C[C@H]1C(=O)NCc1cccnc1. The molecule has 0 saturated carbocycles. The molecule has 0 aliphatic carbocycles. The number of amides is 3. The van der Waals surface area contributed by atoms with E-state index in [2.05, 4.69) is 15.6 Å². The highest BCUT2D eigenvalue weighted by molar-refractivity contribution is 5.91. The number of benzene rings is 2. The Kier molecular flexibility index (Phi) is 9.84. The van der Waals surface area contributed by atoms with E-state index in [0.717, 1.165) is 11.1 Å². The van der Waals surface area contributed by atoms with Crippen molar-refractivity contribution in [2.45, 2.75) is 57.3 Å². The van der Waals surface area contributed by atoms with Crippen molar-refractivity contribution in [2.75, 3.05) is 13.2 Å². The van der Waals surface area contributed by atoms with Crippen molar-refractivity contribution >= 4 is 17.7 Å². The third-order valence-electron chi connectivity index (χ3n) is 7.08. The number of alkyl halides is 2. The van der Waals surface area contributed by atoms with Crippen LogP contribution in [0.25, 0.3) is 0 Å². The van der Waals surface area contributed by atoms with Crippen molar-refractivity contribution in [3.8, 4) is 5.75 Å². The monoisotopic (exact) mass is 580 g/mol. The molecule has 1 aromatic heterocycles. The van der Waals surface area contributed by atoms with Gasteiger partial charge in [0.1, 0.15) is 11.8 Å². The van der Waals surface area contributed by atoms with Gasteiger partial charge in [-0.05, 0) is 48.6 Å². The molecule has 0 spiro atoms. The molecule has 42 heavy (non-hydrogen) atoms. The van der Waals surface area contributed by atoms with E-state index in [-0.39, 0.29) is 19.6 Å². The van der Waals surface area contributed by atoms with Gasteiger partial charge in [-0.15, -0.1) is 0 Å². The minimum Gasteiger partial charge on any atom is -0.483 e. The molecular weight excluding hydrogens is 546 g/mol. The van der Waals surface area contributed by atoms with E-state index in [0.29, 0.717) is 21.8 Å². The molecule has 9 nitrogen and oxygen atoms in total. The molecule has 0 unspecified atom stereocenters. The van der Waals surface area contributed by atoms with Gasteiger partial charge in [0.25, 0.3) is 17.7 Å². The average molecular weight is 581 g/mol. The second-order valence-electron chi connectivity index (χ2n) is 10.4. The molecule has 1 saturated heterocycles. The number of rotatable bonds is 11. The maximum Gasteiger partial charge on any atom is 0.267 e. The summed E-state index contributed by atoms with van der Waals surface area (Å²) in [5.41, 5.74) is 3.02. The highest BCUT2D eigenvalue weighted by Crippen LogP contribution is 2.33. The molecule has 1 aliphatic rings. The van der Waals surface area contributed by atoms with Crippen molar-refractivity contribution in [1.82, 2.24) is 20.5 Å². The number of nitrogens with one attached hydrogen (secondary N) is 2. The van der Waals surface area contributed by atoms with Crippen LogP contribution >= 0.6 is 0 Å². The first-order valence-corrected chi connectivity index (χ1v) is 13.6. The summed E-state index contributed by atoms with van der Waals surface area (Å²) < 4.78 is 34.8. The molecule has 11 heteroatoms. The number of carbonyl (C=O) groups excluding carboxylic acids is 3. The Hall–Kier alpha value is -4.38. The molecule has 2 aromatic carbocycles. The summed E-state index contributed by atoms with van der Waals surface area (Å²) in [5, 5.41) is 16.4. The van der Waals surface area contributed by atoms with Crippen molar-refractivity contribution in [3.63, 3.8) is 0 Å². The zero-order valence-corrected chi connectivity index (χ0v) is 23.4. The van der Waals surface area contributed by atoms with Crippen LogP contribution in [0.1, 0.15) is 28.7 Å². The van der Waals surface area contributed by atoms with Crippen LogP contribution in [0.15, 0.2) is 73.1 Å². The Morgan fingerprint density at radius 3 is 2.40 bits per heavy atom. The molecule has 3 N–H and O–H groups in total. The number of carbonyl (C=O) groups is 3. The van der Waals surface area contributed by atoms with Gasteiger partial charge in [0.05, 0.1) is 12.6 Å². The number of hydrogen-bond acceptors (Lipinski definition) is 6. The Morgan fingerprint density at radius 1 is 1.05 bits per heavy atom. The maximum atomic E-state index is 14.5. The van der Waals surface area contributed by atoms with E-state index in [9.17, 15) is 28.3 Å². The van der Waals surface area contributed by atoms with E-state index in [1.165, 1.54) is 6.20 Å². The van der Waals surface area contributed by atoms with Crippen LogP contribution in [0.3, 0.4) is 0 Å². The lowest BCUT2D eigenvalue weighted by Crippen LogP contribution is -2.56. The second kappa shape index (κ2) is 13.5. The fraction of sp³-hybridized carbons (Fsp3) is 0.355. The largest absolute Gasteiger partial charge is 0.483 e. The van der Waals surface area contributed by atoms with Gasteiger partial charge in [-0.2, -0.15) is 0 Å². The molecular formula is C31H34F2N4O5. The van der Waals surface area contributed by atoms with Crippen molar-refractivity contribution in [3.05, 3.63) is 95.3 Å². The number of para-hydroxylation sites is 1. The zero-order chi connectivity index (χ0) is 30.3. The lowest BCUT2D eigenvalue weighted by atomic mass is 9.99. The number of hydrogen-bond donors (Lipinski definition) is 3. The lowest BCUT2D eigenvalue weighted by Gasteiger charge is -2.30. The van der Waals surface area contributed by atoms with E-state index >= 15 is 0 Å². The van der Waals surface area contributed by atoms with Crippen molar-refractivity contribution in [2.24, 2.45) is 0 Å². The number of aliphatic hydroxyl groups is 1. The predicted octanol–water partition coefficient (Wildman–Crippen LogP) is 2.72. The molecule has 0 bridgehead atoms. The van der Waals surface area contributed by atoms with Gasteiger partial charge in [-0.3, -0.25) is 19.4 Å². The normalized spacial score (nSPS) is 17.3. The average Bonchev–Trinajstić information content (AvgIpc) is 3.31. The summed E-state index contributed by atoms with van der Waals surface area (Å²) >= 11 is 0. The highest BCUT2D eigenvalue weighted by atomic mass is 19.3. The number of aliphatic hydroxyl groups excluding tert-OH is 1. The van der Waals surface area contributed by atoms with Crippen LogP contribution in [0.4, 0.5) is 8.78 Å². The number of pyridine rings is 1. The minimum atomic E-state index is -3.33. The second-order valence-corrected chi connectivity index (χ2v) is 10.4. The quantitative estimate of drug-likeness (QED) is 0.321. The van der Waals surface area contributed by atoms with Crippen LogP contribution in [-0.4, -0.2) is 70.0 Å². The number of aryl methyl sites for hydroxylation is 2. The lowest BCUT2D eigenvalue weighted by molar-refractivity contribution is -0.147. The third kappa shape index (κ3) is 7.88. The summed E-state index contributed by atoms with van der Waals surface area (Å²) in [6.45, 7) is 2.30. The van der Waals surface area contributed by atoms with Gasteiger partial charge >= 0.3 is 0 Å². The fourth-order valence-corrected chi connectivity index (χ4v) is 4.96. The van der Waals surface area contributed by atoms with Crippen molar-refractivity contribution in [1.29, 1.82) is 0 Å². The van der Waals surface area contributed by atoms with Crippen LogP contribution < -0.4 is 15.4 Å². The van der Waals surface area contributed by atoms with Gasteiger partial charge in [-0.25, -0.2) is 8.78 Å². The third-order valence-corrected chi connectivity index (χ3v) is 7.08. The maximum absolute atomic E-state index is 14.5. The minimum absolute atomic E-state index is 0.0327. The summed E-state index contributed by atoms with van der Waals surface area (Å²) in [5.74, 6) is -5.25. The molecule has 2 heterocycles. The first-order chi connectivity index (χ1) is 20.0. The van der Waals surface area contributed by atoms with Crippen LogP contribution in [0.2, 0.25) is 0 Å². The molecule has 0 radical (unpaired) electrons. The first-order valence-electron chi connectivity index (χ1n) is 13.6. The summed E-state index contributed by atoms with van der Waals surface area (Å²) in [6, 6.07) is 15.1. The highest BCUT2D eigenvalue weighted by Gasteiger charge is 2.51. The van der Waals surface area contributed by atoms with E-state index < -0.39 is 54.8 Å². The number of likely N-dealkylation sites (tertiary alicyclic amines) is 1. The van der Waals surface area contributed by atoms with E-state index in [1.54, 1.807) is 48.7 Å². The number of halogens is 2. The predicted molar refractivity (Wildman–Crippen MR) is 151 cm³/mol. The number of aromatic nitrogens is 1. The van der Waals surface area contributed by atoms with Gasteiger partial charge in [-0.1, -0.05) is 54.6 Å². The van der Waals surface area contributed by atoms with Crippen LogP contribution in [0, 0.1) is 13.8 Å². The summed E-state index contributed by atoms with van der Waals surface area (Å²) in [4.78, 5) is 44.0. The molecule has 4 rings (SSSR count).